The molecule has 2 heterocycles. The van der Waals surface area contributed by atoms with E-state index < -0.39 is 11.6 Å². The third-order valence-electron chi connectivity index (χ3n) is 5.49. The van der Waals surface area contributed by atoms with E-state index >= 15 is 0 Å². The van der Waals surface area contributed by atoms with Crippen molar-refractivity contribution in [2.75, 3.05) is 24.3 Å². The third kappa shape index (κ3) is 4.75. The summed E-state index contributed by atoms with van der Waals surface area (Å²) in [5, 5.41) is 6.50. The summed E-state index contributed by atoms with van der Waals surface area (Å²) in [7, 11) is 4.11. The van der Waals surface area contributed by atoms with Gasteiger partial charge in [-0.2, -0.15) is 0 Å². The van der Waals surface area contributed by atoms with Gasteiger partial charge in [0.15, 0.2) is 11.6 Å². The van der Waals surface area contributed by atoms with Crippen LogP contribution in [0.5, 0.6) is 0 Å². The van der Waals surface area contributed by atoms with Crippen LogP contribution in [0.4, 0.5) is 26.1 Å². The number of anilines is 3. The Morgan fingerprint density at radius 1 is 1.07 bits per heavy atom. The van der Waals surface area contributed by atoms with E-state index in [-0.39, 0.29) is 0 Å². The lowest BCUT2D eigenvalue weighted by molar-refractivity contribution is 0.445. The van der Waals surface area contributed by atoms with Crippen LogP contribution in [0.15, 0.2) is 30.3 Å². The van der Waals surface area contributed by atoms with Crippen molar-refractivity contribution in [3.05, 3.63) is 47.5 Å². The Morgan fingerprint density at radius 3 is 2.63 bits per heavy atom. The second-order valence-corrected chi connectivity index (χ2v) is 7.35. The first-order valence-corrected chi connectivity index (χ1v) is 9.60. The van der Waals surface area contributed by atoms with E-state index in [0.717, 1.165) is 37.2 Å². The quantitative estimate of drug-likeness (QED) is 0.822. The Bertz CT molecular complexity index is 781. The third-order valence-corrected chi connectivity index (χ3v) is 5.49. The molecule has 27 heavy (non-hydrogen) atoms. The molecule has 2 aromatic rings. The predicted molar refractivity (Wildman–Crippen MR) is 107 cm³/mol. The minimum absolute atomic E-state index is 0.380. The molecule has 2 atom stereocenters. The van der Waals surface area contributed by atoms with Crippen molar-refractivity contribution in [3.8, 4) is 0 Å². The molecule has 1 aliphatic rings. The lowest BCUT2D eigenvalue weighted by Crippen LogP contribution is -2.33. The van der Waals surface area contributed by atoms with Gasteiger partial charge in [-0.25, -0.2) is 13.8 Å². The van der Waals surface area contributed by atoms with Crippen molar-refractivity contribution in [2.24, 2.45) is 0 Å². The molecule has 6 heteroatoms. The van der Waals surface area contributed by atoms with E-state index in [2.05, 4.69) is 35.6 Å². The first kappa shape index (κ1) is 19.5. The van der Waals surface area contributed by atoms with E-state index in [4.69, 9.17) is 4.98 Å². The Balaban J connectivity index is 1.88. The molecule has 146 valence electrons. The first-order chi connectivity index (χ1) is 13.0. The molecule has 0 spiro atoms. The number of aryl methyl sites for hydroxylation is 1. The topological polar surface area (TPSA) is 40.2 Å². The molecule has 3 rings (SSSR count). The summed E-state index contributed by atoms with van der Waals surface area (Å²) in [5.74, 6) is -0.151. The molecule has 0 aliphatic carbocycles. The summed E-state index contributed by atoms with van der Waals surface area (Å²) in [6, 6.07) is 8.66. The van der Waals surface area contributed by atoms with Gasteiger partial charge in [0.25, 0.3) is 0 Å². The summed E-state index contributed by atoms with van der Waals surface area (Å²) in [6.07, 6.45) is 5.50. The van der Waals surface area contributed by atoms with Crippen LogP contribution in [-0.2, 0) is 6.42 Å². The molecule has 0 radical (unpaired) electrons. The monoisotopic (exact) mass is 374 g/mol. The van der Waals surface area contributed by atoms with Gasteiger partial charge < -0.3 is 15.5 Å². The van der Waals surface area contributed by atoms with Crippen LogP contribution in [0.2, 0.25) is 0 Å². The van der Waals surface area contributed by atoms with E-state index in [1.807, 2.05) is 13.1 Å². The molecular formula is C21H28F2N4. The van der Waals surface area contributed by atoms with E-state index in [1.165, 1.54) is 24.5 Å². The van der Waals surface area contributed by atoms with Gasteiger partial charge in [0.2, 0.25) is 0 Å². The lowest BCUT2D eigenvalue weighted by atomic mass is 9.97. The number of nitrogens with one attached hydrogen (secondary N) is 2. The molecule has 0 saturated carbocycles. The average molecular weight is 374 g/mol. The Labute approximate surface area is 160 Å². The van der Waals surface area contributed by atoms with Crippen molar-refractivity contribution in [1.29, 1.82) is 0 Å². The minimum atomic E-state index is -0.872. The molecule has 2 unspecified atom stereocenters. The zero-order valence-corrected chi connectivity index (χ0v) is 16.2. The molecule has 1 aromatic heterocycles. The second kappa shape index (κ2) is 8.65. The van der Waals surface area contributed by atoms with Crippen LogP contribution in [0.3, 0.4) is 0 Å². The molecule has 0 amide bonds. The van der Waals surface area contributed by atoms with Crippen LogP contribution in [0.1, 0.15) is 38.2 Å². The number of hydrogen-bond donors (Lipinski definition) is 2. The van der Waals surface area contributed by atoms with Crippen molar-refractivity contribution >= 4 is 17.3 Å². The minimum Gasteiger partial charge on any atom is -0.357 e. The first-order valence-electron chi connectivity index (χ1n) is 9.60. The number of fused-ring (bicyclic) bond motifs is 1. The highest BCUT2D eigenvalue weighted by atomic mass is 19.2. The molecule has 0 saturated heterocycles. The number of aromatic nitrogens is 1. The lowest BCUT2D eigenvalue weighted by Gasteiger charge is -2.30. The van der Waals surface area contributed by atoms with E-state index in [9.17, 15) is 8.78 Å². The summed E-state index contributed by atoms with van der Waals surface area (Å²) >= 11 is 0. The van der Waals surface area contributed by atoms with E-state index in [1.54, 1.807) is 0 Å². The molecule has 0 bridgehead atoms. The summed E-state index contributed by atoms with van der Waals surface area (Å²) < 4.78 is 26.6. The number of benzene rings is 1. The van der Waals surface area contributed by atoms with Gasteiger partial charge in [0.1, 0.15) is 11.6 Å². The van der Waals surface area contributed by atoms with Crippen LogP contribution in [0.25, 0.3) is 0 Å². The summed E-state index contributed by atoms with van der Waals surface area (Å²) in [5.41, 5.74) is 1.69. The van der Waals surface area contributed by atoms with Crippen molar-refractivity contribution < 1.29 is 8.78 Å². The van der Waals surface area contributed by atoms with Gasteiger partial charge in [-0.3, -0.25) is 0 Å². The molecular weight excluding hydrogens is 346 g/mol. The average Bonchev–Trinajstić information content (AvgIpc) is 2.66. The predicted octanol–water partition coefficient (Wildman–Crippen LogP) is 4.63. The molecule has 1 aliphatic heterocycles. The fourth-order valence-corrected chi connectivity index (χ4v) is 3.59. The summed E-state index contributed by atoms with van der Waals surface area (Å²) in [4.78, 5) is 7.02. The van der Waals surface area contributed by atoms with Crippen LogP contribution >= 0.6 is 0 Å². The Morgan fingerprint density at radius 2 is 1.89 bits per heavy atom. The van der Waals surface area contributed by atoms with Crippen molar-refractivity contribution in [1.82, 2.24) is 10.3 Å². The highest BCUT2D eigenvalue weighted by Crippen LogP contribution is 2.28. The maximum atomic E-state index is 13.5. The van der Waals surface area contributed by atoms with E-state index in [0.29, 0.717) is 23.6 Å². The second-order valence-electron chi connectivity index (χ2n) is 7.35. The number of hydrogen-bond acceptors (Lipinski definition) is 4. The molecule has 4 nitrogen and oxygen atoms in total. The zero-order chi connectivity index (χ0) is 19.4. The highest BCUT2D eigenvalue weighted by Gasteiger charge is 2.19. The number of nitrogens with zero attached hydrogens (tertiary/aromatic N) is 2. The highest BCUT2D eigenvalue weighted by molar-refractivity contribution is 5.60. The number of pyridine rings is 1. The number of rotatable bonds is 3. The standard InChI is InChI=1S/C21H28F2N4/c1-14-5-4-6-16(24-2)9-7-15-8-12-20(26-21(15)27(14)3)25-17-10-11-18(22)19(23)13-17/h8,10-14,16,24H,4-7,9H2,1-3H3,(H,25,26). The summed E-state index contributed by atoms with van der Waals surface area (Å²) in [6.45, 7) is 2.22. The van der Waals surface area contributed by atoms with Gasteiger partial charge in [-0.1, -0.05) is 6.07 Å². The zero-order valence-electron chi connectivity index (χ0n) is 16.2. The SMILES string of the molecule is CNC1CCCC(C)N(C)c2nc(Nc3ccc(F)c(F)c3)ccc2CC1. The maximum absolute atomic E-state index is 13.5. The smallest absolute Gasteiger partial charge is 0.160 e. The Hall–Kier alpha value is -2.21. The van der Waals surface area contributed by atoms with Gasteiger partial charge in [-0.05, 0) is 69.8 Å². The molecule has 1 aromatic carbocycles. The fourth-order valence-electron chi connectivity index (χ4n) is 3.59. The van der Waals surface area contributed by atoms with Gasteiger partial charge >= 0.3 is 0 Å². The normalized spacial score (nSPS) is 20.9. The molecule has 0 fully saturated rings. The van der Waals surface area contributed by atoms with Gasteiger partial charge in [-0.15, -0.1) is 0 Å². The van der Waals surface area contributed by atoms with Crippen LogP contribution < -0.4 is 15.5 Å². The largest absolute Gasteiger partial charge is 0.357 e. The fraction of sp³-hybridized carbons (Fsp3) is 0.476. The van der Waals surface area contributed by atoms with Crippen molar-refractivity contribution in [2.45, 2.75) is 51.1 Å². The van der Waals surface area contributed by atoms with Crippen molar-refractivity contribution in [3.63, 3.8) is 0 Å². The van der Waals surface area contributed by atoms with Gasteiger partial charge in [0, 0.05) is 30.9 Å². The number of halogens is 2. The Kier molecular flexibility index (Phi) is 6.26. The maximum Gasteiger partial charge on any atom is 0.160 e. The molecule has 2 N–H and O–H groups in total. The van der Waals surface area contributed by atoms with Crippen LogP contribution in [-0.4, -0.2) is 31.2 Å². The van der Waals surface area contributed by atoms with Crippen LogP contribution in [0, 0.1) is 11.6 Å². The van der Waals surface area contributed by atoms with Gasteiger partial charge in [0.05, 0.1) is 0 Å².